The van der Waals surface area contributed by atoms with E-state index in [0.29, 0.717) is 17.6 Å². The number of nitrogens with zero attached hydrogens (tertiary/aromatic N) is 5. The monoisotopic (exact) mass is 757 g/mol. The minimum Gasteiger partial charge on any atom is -0.278 e. The summed E-state index contributed by atoms with van der Waals surface area (Å²) in [6.07, 6.45) is 0. The first kappa shape index (κ1) is 32.7. The standard InChI is InChI=1S/C52H31N5S/c1-3-14-33(15-4-1)47-42-31-30-40-39-22-13-21-36(48(39)58-49(40)46(42)41-20-7-10-23-43(41)53-47)32-26-28-35(29-27-32)51-54-50(34-16-5-2-6-17-34)55-52(56-51)57-44-24-11-8-18-37(44)38-19-9-12-25-45(38)57/h1-31H. The summed E-state index contributed by atoms with van der Waals surface area (Å²) in [5.41, 5.74) is 9.45. The molecule has 0 aliphatic heterocycles. The minimum absolute atomic E-state index is 0.589. The average molecular weight is 758 g/mol. The molecule has 4 aromatic heterocycles. The zero-order valence-electron chi connectivity index (χ0n) is 31.0. The smallest absolute Gasteiger partial charge is 0.238 e. The van der Waals surface area contributed by atoms with Crippen molar-refractivity contribution >= 4 is 75.0 Å². The lowest BCUT2D eigenvalue weighted by Crippen LogP contribution is -2.06. The number of fused-ring (bicyclic) bond motifs is 10. The van der Waals surface area contributed by atoms with Gasteiger partial charge >= 0.3 is 0 Å². The van der Waals surface area contributed by atoms with Crippen LogP contribution in [0.2, 0.25) is 0 Å². The summed E-state index contributed by atoms with van der Waals surface area (Å²) in [4.78, 5) is 20.5. The second-order valence-electron chi connectivity index (χ2n) is 14.6. The Kier molecular flexibility index (Phi) is 7.33. The van der Waals surface area contributed by atoms with E-state index >= 15 is 0 Å². The van der Waals surface area contributed by atoms with Crippen LogP contribution in [0, 0.1) is 0 Å². The second-order valence-corrected chi connectivity index (χ2v) is 15.6. The maximum Gasteiger partial charge on any atom is 0.238 e. The van der Waals surface area contributed by atoms with E-state index in [-0.39, 0.29) is 0 Å². The highest BCUT2D eigenvalue weighted by atomic mass is 32.1. The molecule has 0 aliphatic carbocycles. The van der Waals surface area contributed by atoms with E-state index in [4.69, 9.17) is 19.9 Å². The molecule has 0 fully saturated rings. The summed E-state index contributed by atoms with van der Waals surface area (Å²) < 4.78 is 4.70. The molecule has 0 saturated carbocycles. The Morgan fingerprint density at radius 1 is 0.345 bits per heavy atom. The van der Waals surface area contributed by atoms with Crippen molar-refractivity contribution in [3.63, 3.8) is 0 Å². The Morgan fingerprint density at radius 3 is 1.59 bits per heavy atom. The molecule has 0 atom stereocenters. The van der Waals surface area contributed by atoms with E-state index in [1.807, 2.05) is 29.5 Å². The van der Waals surface area contributed by atoms with Gasteiger partial charge in [0.05, 0.1) is 22.2 Å². The molecule has 8 aromatic carbocycles. The predicted molar refractivity (Wildman–Crippen MR) is 242 cm³/mol. The Bertz CT molecular complexity index is 3500. The fraction of sp³-hybridized carbons (Fsp3) is 0. The van der Waals surface area contributed by atoms with E-state index in [2.05, 4.69) is 174 Å². The van der Waals surface area contributed by atoms with Crippen LogP contribution in [0.1, 0.15) is 0 Å². The fourth-order valence-corrected chi connectivity index (χ4v) is 9.98. The van der Waals surface area contributed by atoms with Gasteiger partial charge in [-0.1, -0.05) is 170 Å². The molecule has 0 radical (unpaired) electrons. The summed E-state index contributed by atoms with van der Waals surface area (Å²) in [5, 5.41) is 8.44. The fourth-order valence-electron chi connectivity index (χ4n) is 8.58. The van der Waals surface area contributed by atoms with Crippen LogP contribution in [0.5, 0.6) is 0 Å². The van der Waals surface area contributed by atoms with Crippen LogP contribution >= 0.6 is 11.3 Å². The molecule has 0 spiro atoms. The van der Waals surface area contributed by atoms with Crippen LogP contribution in [0.15, 0.2) is 188 Å². The maximum atomic E-state index is 5.19. The van der Waals surface area contributed by atoms with Gasteiger partial charge in [0.25, 0.3) is 0 Å². The molecule has 0 saturated heterocycles. The highest BCUT2D eigenvalue weighted by Gasteiger charge is 2.20. The Labute approximate surface area is 337 Å². The van der Waals surface area contributed by atoms with Crippen LogP contribution in [0.4, 0.5) is 0 Å². The number of hydrogen-bond donors (Lipinski definition) is 0. The van der Waals surface area contributed by atoms with Crippen molar-refractivity contribution < 1.29 is 0 Å². The number of pyridine rings is 1. The van der Waals surface area contributed by atoms with E-state index < -0.39 is 0 Å². The summed E-state index contributed by atoms with van der Waals surface area (Å²) in [6, 6.07) is 66.0. The molecule has 270 valence electrons. The van der Waals surface area contributed by atoms with Crippen molar-refractivity contribution in [2.45, 2.75) is 0 Å². The number of benzene rings is 8. The number of hydrogen-bond acceptors (Lipinski definition) is 5. The molecule has 6 heteroatoms. The first-order valence-electron chi connectivity index (χ1n) is 19.4. The van der Waals surface area contributed by atoms with Crippen molar-refractivity contribution in [3.05, 3.63) is 188 Å². The molecule has 0 unspecified atom stereocenters. The van der Waals surface area contributed by atoms with Gasteiger partial charge in [-0.25, -0.2) is 9.97 Å². The minimum atomic E-state index is 0.589. The lowest BCUT2D eigenvalue weighted by molar-refractivity contribution is 0.953. The SMILES string of the molecule is c1ccc(-c2nc(-c3ccc(-c4cccc5c4sc4c5ccc5c(-c6ccccc6)nc6ccccc6c54)cc3)nc(-n3c4ccccc4c4ccccc43)n2)cc1. The first-order chi connectivity index (χ1) is 28.8. The van der Waals surface area contributed by atoms with Crippen LogP contribution < -0.4 is 0 Å². The highest BCUT2D eigenvalue weighted by molar-refractivity contribution is 7.27. The molecule has 0 bridgehead atoms. The lowest BCUT2D eigenvalue weighted by atomic mass is 9.97. The van der Waals surface area contributed by atoms with Crippen molar-refractivity contribution in [1.29, 1.82) is 0 Å². The molecule has 12 rings (SSSR count). The summed E-state index contributed by atoms with van der Waals surface area (Å²) >= 11 is 1.87. The first-order valence-corrected chi connectivity index (χ1v) is 20.2. The largest absolute Gasteiger partial charge is 0.278 e. The number of thiophene rings is 1. The van der Waals surface area contributed by atoms with Gasteiger partial charge in [0.15, 0.2) is 11.6 Å². The quantitative estimate of drug-likeness (QED) is 0.164. The predicted octanol–water partition coefficient (Wildman–Crippen LogP) is 13.7. The van der Waals surface area contributed by atoms with Crippen LogP contribution in [0.25, 0.3) is 115 Å². The Morgan fingerprint density at radius 2 is 0.879 bits per heavy atom. The van der Waals surface area contributed by atoms with Crippen LogP contribution in [-0.2, 0) is 0 Å². The van der Waals surface area contributed by atoms with Gasteiger partial charge in [-0.3, -0.25) is 4.57 Å². The molecular weight excluding hydrogens is 727 g/mol. The van der Waals surface area contributed by atoms with Gasteiger partial charge in [-0.15, -0.1) is 11.3 Å². The van der Waals surface area contributed by atoms with Crippen LogP contribution in [0.3, 0.4) is 0 Å². The van der Waals surface area contributed by atoms with E-state index in [9.17, 15) is 0 Å². The second kappa shape index (κ2) is 13.0. The van der Waals surface area contributed by atoms with E-state index in [1.54, 1.807) is 0 Å². The lowest BCUT2D eigenvalue weighted by Gasteiger charge is -2.11. The molecule has 5 nitrogen and oxygen atoms in total. The van der Waals surface area contributed by atoms with Gasteiger partial charge in [-0.2, -0.15) is 9.97 Å². The molecule has 0 N–H and O–H groups in total. The third kappa shape index (κ3) is 5.09. The molecule has 0 aliphatic rings. The number of aromatic nitrogens is 5. The van der Waals surface area contributed by atoms with E-state index in [0.717, 1.165) is 55.3 Å². The zero-order valence-corrected chi connectivity index (χ0v) is 31.9. The topological polar surface area (TPSA) is 56.5 Å². The van der Waals surface area contributed by atoms with Gasteiger partial charge in [0.2, 0.25) is 5.95 Å². The number of para-hydroxylation sites is 3. The van der Waals surface area contributed by atoms with Gasteiger partial charge in [-0.05, 0) is 29.3 Å². The Balaban J connectivity index is 1.02. The summed E-state index contributed by atoms with van der Waals surface area (Å²) in [5.74, 6) is 1.84. The van der Waals surface area contributed by atoms with Crippen molar-refractivity contribution in [2.75, 3.05) is 0 Å². The molecular formula is C52H31N5S. The maximum absolute atomic E-state index is 5.19. The third-order valence-corrected chi connectivity index (χ3v) is 12.5. The molecule has 4 heterocycles. The zero-order chi connectivity index (χ0) is 38.2. The molecule has 0 amide bonds. The highest BCUT2D eigenvalue weighted by Crippen LogP contribution is 2.46. The van der Waals surface area contributed by atoms with Crippen LogP contribution in [-0.4, -0.2) is 24.5 Å². The summed E-state index contributed by atoms with van der Waals surface area (Å²) in [7, 11) is 0. The van der Waals surface area contributed by atoms with Crippen molar-refractivity contribution in [1.82, 2.24) is 24.5 Å². The Hall–Kier alpha value is -7.54. The normalized spacial score (nSPS) is 11.8. The summed E-state index contributed by atoms with van der Waals surface area (Å²) in [6.45, 7) is 0. The van der Waals surface area contributed by atoms with Crippen molar-refractivity contribution in [2.24, 2.45) is 0 Å². The average Bonchev–Trinajstić information content (AvgIpc) is 3.85. The molecule has 12 aromatic rings. The van der Waals surface area contributed by atoms with Gasteiger partial charge in [0.1, 0.15) is 0 Å². The van der Waals surface area contributed by atoms with E-state index in [1.165, 1.54) is 41.9 Å². The van der Waals surface area contributed by atoms with Gasteiger partial charge in [0, 0.05) is 63.8 Å². The van der Waals surface area contributed by atoms with Crippen molar-refractivity contribution in [3.8, 4) is 51.1 Å². The molecule has 58 heavy (non-hydrogen) atoms. The van der Waals surface area contributed by atoms with Gasteiger partial charge < -0.3 is 0 Å². The number of rotatable bonds is 5. The third-order valence-electron chi connectivity index (χ3n) is 11.3.